The number of hydrogen-bond donors (Lipinski definition) is 1. The number of amides is 1. The molecule has 7 nitrogen and oxygen atoms in total. The van der Waals surface area contributed by atoms with Crippen LogP contribution in [0, 0.1) is 6.92 Å². The summed E-state index contributed by atoms with van der Waals surface area (Å²) in [5, 5.41) is 11.4. The van der Waals surface area contributed by atoms with Gasteiger partial charge in [-0.25, -0.2) is 4.68 Å². The van der Waals surface area contributed by atoms with Crippen LogP contribution in [0.15, 0.2) is 67.1 Å². The van der Waals surface area contributed by atoms with Crippen molar-refractivity contribution in [2.45, 2.75) is 26.4 Å². The van der Waals surface area contributed by atoms with E-state index in [4.69, 9.17) is 16.3 Å². The molecule has 0 bridgehead atoms. The van der Waals surface area contributed by atoms with Gasteiger partial charge in [0.25, 0.3) is 5.91 Å². The third-order valence-electron chi connectivity index (χ3n) is 4.80. The molecule has 0 fully saturated rings. The lowest BCUT2D eigenvalue weighted by Gasteiger charge is -2.09. The van der Waals surface area contributed by atoms with E-state index < -0.39 is 17.6 Å². The van der Waals surface area contributed by atoms with Gasteiger partial charge in [-0.1, -0.05) is 29.8 Å². The lowest BCUT2D eigenvalue weighted by molar-refractivity contribution is -0.137. The zero-order valence-corrected chi connectivity index (χ0v) is 18.6. The molecule has 0 saturated carbocycles. The van der Waals surface area contributed by atoms with E-state index in [-0.39, 0.29) is 19.0 Å². The van der Waals surface area contributed by atoms with Crippen LogP contribution >= 0.6 is 11.6 Å². The van der Waals surface area contributed by atoms with E-state index in [1.54, 1.807) is 24.4 Å². The highest BCUT2D eigenvalue weighted by atomic mass is 35.5. The highest BCUT2D eigenvalue weighted by Gasteiger charge is 2.30. The number of halogens is 4. The zero-order chi connectivity index (χ0) is 24.3. The molecule has 0 spiro atoms. The second-order valence-electron chi connectivity index (χ2n) is 7.53. The Balaban J connectivity index is 1.35. The van der Waals surface area contributed by atoms with Gasteiger partial charge in [0, 0.05) is 12.4 Å². The number of anilines is 1. The van der Waals surface area contributed by atoms with E-state index in [2.05, 4.69) is 15.5 Å². The Morgan fingerprint density at radius 2 is 1.97 bits per heavy atom. The highest BCUT2D eigenvalue weighted by Crippen LogP contribution is 2.29. The van der Waals surface area contributed by atoms with Gasteiger partial charge in [0.2, 0.25) is 0 Å². The van der Waals surface area contributed by atoms with E-state index in [1.165, 1.54) is 33.9 Å². The fourth-order valence-electron chi connectivity index (χ4n) is 3.15. The van der Waals surface area contributed by atoms with Crippen LogP contribution in [0.2, 0.25) is 5.02 Å². The molecule has 11 heteroatoms. The molecule has 2 aromatic heterocycles. The van der Waals surface area contributed by atoms with Crippen molar-refractivity contribution >= 4 is 23.2 Å². The van der Waals surface area contributed by atoms with Gasteiger partial charge >= 0.3 is 6.18 Å². The molecule has 4 aromatic rings. The van der Waals surface area contributed by atoms with E-state index in [0.29, 0.717) is 22.0 Å². The summed E-state index contributed by atoms with van der Waals surface area (Å²) in [5.41, 5.74) is 1.24. The lowest BCUT2D eigenvalue weighted by atomic mass is 10.1. The Labute approximate surface area is 197 Å². The van der Waals surface area contributed by atoms with Gasteiger partial charge in [-0.3, -0.25) is 9.48 Å². The number of rotatable bonds is 7. The van der Waals surface area contributed by atoms with Gasteiger partial charge in [0.05, 0.1) is 29.0 Å². The smallest absolute Gasteiger partial charge is 0.416 e. The van der Waals surface area contributed by atoms with Gasteiger partial charge in [-0.2, -0.15) is 23.4 Å². The summed E-state index contributed by atoms with van der Waals surface area (Å²) in [4.78, 5) is 12.5. The number of nitrogens with zero attached hydrogens (tertiary/aromatic N) is 4. The van der Waals surface area contributed by atoms with Crippen molar-refractivity contribution in [3.8, 4) is 5.75 Å². The predicted octanol–water partition coefficient (Wildman–Crippen LogP) is 5.40. The molecule has 0 radical (unpaired) electrons. The summed E-state index contributed by atoms with van der Waals surface area (Å²) >= 11 is 6.11. The van der Waals surface area contributed by atoms with Crippen molar-refractivity contribution in [1.29, 1.82) is 0 Å². The van der Waals surface area contributed by atoms with Crippen LogP contribution < -0.4 is 10.1 Å². The molecule has 0 unspecified atom stereocenters. The Hall–Kier alpha value is -3.79. The minimum atomic E-state index is -4.42. The van der Waals surface area contributed by atoms with E-state index in [0.717, 1.165) is 17.7 Å². The minimum Gasteiger partial charge on any atom is -0.470 e. The second kappa shape index (κ2) is 9.60. The quantitative estimate of drug-likeness (QED) is 0.377. The van der Waals surface area contributed by atoms with Gasteiger partial charge in [0.1, 0.15) is 5.75 Å². The first-order valence-corrected chi connectivity index (χ1v) is 10.5. The van der Waals surface area contributed by atoms with Crippen LogP contribution in [0.1, 0.15) is 27.2 Å². The molecule has 176 valence electrons. The number of carbonyl (C=O) groups excluding carboxylic acids is 1. The van der Waals surface area contributed by atoms with Gasteiger partial charge in [-0.15, -0.1) is 0 Å². The van der Waals surface area contributed by atoms with Gasteiger partial charge in [-0.05, 0) is 48.4 Å². The fraction of sp³-hybridized carbons (Fsp3) is 0.174. The van der Waals surface area contributed by atoms with E-state index in [9.17, 15) is 18.0 Å². The molecule has 0 aliphatic carbocycles. The maximum absolute atomic E-state index is 12.9. The van der Waals surface area contributed by atoms with Crippen LogP contribution in [-0.4, -0.2) is 25.5 Å². The maximum Gasteiger partial charge on any atom is 0.416 e. The Morgan fingerprint density at radius 3 is 2.76 bits per heavy atom. The average Bonchev–Trinajstić information content (AvgIpc) is 3.44. The molecule has 1 amide bonds. The molecule has 0 atom stereocenters. The van der Waals surface area contributed by atoms with Crippen LogP contribution in [0.5, 0.6) is 5.75 Å². The van der Waals surface area contributed by atoms with Crippen LogP contribution in [-0.2, 0) is 19.5 Å². The molecular weight excluding hydrogens is 471 g/mol. The molecule has 2 heterocycles. The van der Waals surface area contributed by atoms with Crippen molar-refractivity contribution in [2.75, 3.05) is 5.32 Å². The number of nitrogens with one attached hydrogen (secondary N) is 1. The molecule has 4 rings (SSSR count). The van der Waals surface area contributed by atoms with E-state index in [1.807, 2.05) is 13.0 Å². The highest BCUT2D eigenvalue weighted by molar-refractivity contribution is 6.32. The first-order chi connectivity index (χ1) is 16.2. The molecular formula is C23H19ClF3N5O2. The molecule has 34 heavy (non-hydrogen) atoms. The summed E-state index contributed by atoms with van der Waals surface area (Å²) in [7, 11) is 0. The summed E-state index contributed by atoms with van der Waals surface area (Å²) in [5.74, 6) is 0.0438. The predicted molar refractivity (Wildman–Crippen MR) is 120 cm³/mol. The number of aromatic nitrogens is 4. The van der Waals surface area contributed by atoms with Crippen LogP contribution in [0.4, 0.5) is 18.9 Å². The Kier molecular flexibility index (Phi) is 6.60. The van der Waals surface area contributed by atoms with Gasteiger partial charge < -0.3 is 10.1 Å². The number of benzene rings is 2. The molecule has 0 aliphatic heterocycles. The topological polar surface area (TPSA) is 74.0 Å². The monoisotopic (exact) mass is 489 g/mol. The average molecular weight is 490 g/mol. The van der Waals surface area contributed by atoms with Crippen molar-refractivity contribution in [2.24, 2.45) is 0 Å². The minimum absolute atomic E-state index is 0.0609. The van der Waals surface area contributed by atoms with Crippen molar-refractivity contribution in [3.63, 3.8) is 0 Å². The number of hydrogen-bond acceptors (Lipinski definition) is 4. The summed E-state index contributed by atoms with van der Waals surface area (Å²) in [6.45, 7) is 2.10. The second-order valence-corrected chi connectivity index (χ2v) is 7.93. The van der Waals surface area contributed by atoms with Crippen LogP contribution in [0.3, 0.4) is 0 Å². The Morgan fingerprint density at radius 1 is 1.15 bits per heavy atom. The lowest BCUT2D eigenvalue weighted by Crippen LogP contribution is -2.14. The number of ether oxygens (including phenoxy) is 1. The SMILES string of the molecule is Cc1ccc(Cl)c(OCn2ccc(C(=O)Nc3cnn(Cc4cccc(C(F)(F)F)c4)c3)n2)c1. The fourth-order valence-corrected chi connectivity index (χ4v) is 3.33. The summed E-state index contributed by atoms with van der Waals surface area (Å²) in [6, 6.07) is 11.9. The van der Waals surface area contributed by atoms with Crippen molar-refractivity contribution in [1.82, 2.24) is 19.6 Å². The largest absolute Gasteiger partial charge is 0.470 e. The number of carbonyl (C=O) groups is 1. The maximum atomic E-state index is 12.9. The summed E-state index contributed by atoms with van der Waals surface area (Å²) < 4.78 is 47.2. The molecule has 0 saturated heterocycles. The van der Waals surface area contributed by atoms with Gasteiger partial charge in [0.15, 0.2) is 12.4 Å². The number of alkyl halides is 3. The van der Waals surface area contributed by atoms with Crippen LogP contribution in [0.25, 0.3) is 0 Å². The first-order valence-electron chi connectivity index (χ1n) is 10.1. The van der Waals surface area contributed by atoms with Crippen molar-refractivity contribution < 1.29 is 22.7 Å². The Bertz CT molecular complexity index is 1320. The first kappa shape index (κ1) is 23.4. The molecule has 2 aromatic carbocycles. The molecule has 1 N–H and O–H groups in total. The third-order valence-corrected chi connectivity index (χ3v) is 5.11. The summed E-state index contributed by atoms with van der Waals surface area (Å²) in [6.07, 6.45) is 0.110. The normalized spacial score (nSPS) is 11.4. The van der Waals surface area contributed by atoms with E-state index >= 15 is 0 Å². The zero-order valence-electron chi connectivity index (χ0n) is 17.9. The number of aryl methyl sites for hydroxylation is 1. The third kappa shape index (κ3) is 5.76. The van der Waals surface area contributed by atoms with Crippen molar-refractivity contribution in [3.05, 3.63) is 94.5 Å². The standard InChI is InChI=1S/C23H19ClF3N5O2/c1-15-5-6-19(24)21(9-15)34-14-31-8-7-20(30-31)22(33)29-18-11-28-32(13-18)12-16-3-2-4-17(10-16)23(25,26)27/h2-11,13H,12,14H2,1H3,(H,29,33). The molecule has 0 aliphatic rings.